The Labute approximate surface area is 124 Å². The zero-order valence-electron chi connectivity index (χ0n) is 11.5. The number of nitrogens with zero attached hydrogens (tertiary/aromatic N) is 2. The Bertz CT molecular complexity index is 737. The van der Waals surface area contributed by atoms with Gasteiger partial charge in [0.1, 0.15) is 23.2 Å². The van der Waals surface area contributed by atoms with E-state index in [2.05, 4.69) is 10.5 Å². The number of nitrogens with one attached hydrogen (secondary N) is 1. The maximum absolute atomic E-state index is 11.7. The Morgan fingerprint density at radius 3 is 2.95 bits per heavy atom. The van der Waals surface area contributed by atoms with Crippen molar-refractivity contribution in [3.8, 4) is 6.07 Å². The topological polar surface area (TPSA) is 118 Å². The van der Waals surface area contributed by atoms with Gasteiger partial charge in [0.05, 0.1) is 6.26 Å². The van der Waals surface area contributed by atoms with Gasteiger partial charge in [-0.2, -0.15) is 5.26 Å². The molecule has 8 heteroatoms. The SMILES string of the molecule is Cc1cc(NC(=O)COC(=O)/C(C#N)=C/c2ccco2)no1. The van der Waals surface area contributed by atoms with Crippen LogP contribution < -0.4 is 5.32 Å². The highest BCUT2D eigenvalue weighted by Crippen LogP contribution is 2.09. The molecule has 0 aliphatic heterocycles. The zero-order chi connectivity index (χ0) is 15.9. The molecule has 0 unspecified atom stereocenters. The molecule has 0 aliphatic carbocycles. The summed E-state index contributed by atoms with van der Waals surface area (Å²) in [5.41, 5.74) is -0.278. The van der Waals surface area contributed by atoms with E-state index in [-0.39, 0.29) is 11.4 Å². The number of nitriles is 1. The highest BCUT2D eigenvalue weighted by Gasteiger charge is 2.14. The summed E-state index contributed by atoms with van der Waals surface area (Å²) in [5.74, 6) is -0.455. The third kappa shape index (κ3) is 4.08. The van der Waals surface area contributed by atoms with Gasteiger partial charge in [-0.25, -0.2) is 4.79 Å². The van der Waals surface area contributed by atoms with Crippen LogP contribution in [0.25, 0.3) is 6.08 Å². The maximum atomic E-state index is 11.7. The van der Waals surface area contributed by atoms with Crippen LogP contribution in [0.4, 0.5) is 5.82 Å². The number of hydrogen-bond acceptors (Lipinski definition) is 7. The van der Waals surface area contributed by atoms with Gasteiger partial charge in [-0.3, -0.25) is 4.79 Å². The molecule has 0 radical (unpaired) electrons. The summed E-state index contributed by atoms with van der Waals surface area (Å²) in [6.45, 7) is 1.11. The standard InChI is InChI=1S/C14H11N3O5/c1-9-5-12(17-22-9)16-13(18)8-21-14(19)10(7-15)6-11-3-2-4-20-11/h2-6H,8H2,1H3,(H,16,17,18)/b10-6+. The molecule has 0 saturated heterocycles. The molecule has 2 aromatic rings. The molecular formula is C14H11N3O5. The van der Waals surface area contributed by atoms with Gasteiger partial charge in [-0.05, 0) is 19.1 Å². The number of carbonyl (C=O) groups is 2. The van der Waals surface area contributed by atoms with Crippen LogP contribution >= 0.6 is 0 Å². The van der Waals surface area contributed by atoms with Crippen LogP contribution in [0.3, 0.4) is 0 Å². The summed E-state index contributed by atoms with van der Waals surface area (Å²) in [7, 11) is 0. The molecule has 0 aliphatic rings. The van der Waals surface area contributed by atoms with Crippen LogP contribution in [0.1, 0.15) is 11.5 Å². The van der Waals surface area contributed by atoms with Crippen molar-refractivity contribution >= 4 is 23.8 Å². The van der Waals surface area contributed by atoms with E-state index in [4.69, 9.17) is 18.9 Å². The number of aryl methyl sites for hydroxylation is 1. The third-order valence-electron chi connectivity index (χ3n) is 2.40. The predicted molar refractivity (Wildman–Crippen MR) is 73.1 cm³/mol. The number of anilines is 1. The van der Waals surface area contributed by atoms with Gasteiger partial charge in [0.2, 0.25) is 0 Å². The summed E-state index contributed by atoms with van der Waals surface area (Å²) in [5, 5.41) is 14.9. The highest BCUT2D eigenvalue weighted by atomic mass is 16.5. The molecule has 8 nitrogen and oxygen atoms in total. The quantitative estimate of drug-likeness (QED) is 0.506. The van der Waals surface area contributed by atoms with Crippen molar-refractivity contribution in [3.63, 3.8) is 0 Å². The molecule has 112 valence electrons. The predicted octanol–water partition coefficient (Wildman–Crippen LogP) is 1.66. The molecular weight excluding hydrogens is 290 g/mol. The van der Waals surface area contributed by atoms with Gasteiger partial charge >= 0.3 is 5.97 Å². The van der Waals surface area contributed by atoms with Crippen molar-refractivity contribution in [3.05, 3.63) is 41.6 Å². The number of carbonyl (C=O) groups excluding carboxylic acids is 2. The molecule has 0 saturated carbocycles. The summed E-state index contributed by atoms with van der Waals surface area (Å²) in [6, 6.07) is 6.38. The summed E-state index contributed by atoms with van der Waals surface area (Å²) < 4.78 is 14.5. The molecule has 2 rings (SSSR count). The number of amides is 1. The van der Waals surface area contributed by atoms with E-state index in [0.29, 0.717) is 11.5 Å². The zero-order valence-corrected chi connectivity index (χ0v) is 11.5. The number of aromatic nitrogens is 1. The molecule has 0 spiro atoms. The Hall–Kier alpha value is -3.34. The second-order valence-electron chi connectivity index (χ2n) is 4.13. The average molecular weight is 301 g/mol. The molecule has 2 aromatic heterocycles. The average Bonchev–Trinajstić information content (AvgIpc) is 3.14. The Morgan fingerprint density at radius 1 is 1.55 bits per heavy atom. The Kier molecular flexibility index (Phi) is 4.72. The first-order valence-corrected chi connectivity index (χ1v) is 6.14. The number of ether oxygens (including phenoxy) is 1. The van der Waals surface area contributed by atoms with Crippen molar-refractivity contribution in [1.82, 2.24) is 5.16 Å². The van der Waals surface area contributed by atoms with Crippen molar-refractivity contribution < 1.29 is 23.3 Å². The second kappa shape index (κ2) is 6.90. The van der Waals surface area contributed by atoms with E-state index < -0.39 is 18.5 Å². The van der Waals surface area contributed by atoms with Crippen LogP contribution in [0.5, 0.6) is 0 Å². The van der Waals surface area contributed by atoms with Gasteiger partial charge in [0.15, 0.2) is 12.4 Å². The van der Waals surface area contributed by atoms with Crippen LogP contribution in [0.15, 0.2) is 39.0 Å². The van der Waals surface area contributed by atoms with Crippen molar-refractivity contribution in [2.45, 2.75) is 6.92 Å². The first-order valence-electron chi connectivity index (χ1n) is 6.14. The molecule has 0 aromatic carbocycles. The minimum absolute atomic E-state index is 0.213. The first-order chi connectivity index (χ1) is 10.6. The molecule has 0 atom stereocenters. The van der Waals surface area contributed by atoms with Gasteiger partial charge < -0.3 is 19.0 Å². The molecule has 0 bridgehead atoms. The fourth-order valence-corrected chi connectivity index (χ4v) is 1.47. The summed E-state index contributed by atoms with van der Waals surface area (Å²) in [6.07, 6.45) is 2.63. The second-order valence-corrected chi connectivity index (χ2v) is 4.13. The van der Waals surface area contributed by atoms with Crippen molar-refractivity contribution in [2.24, 2.45) is 0 Å². The maximum Gasteiger partial charge on any atom is 0.349 e. The molecule has 1 N–H and O–H groups in total. The highest BCUT2D eigenvalue weighted by molar-refractivity contribution is 5.99. The van der Waals surface area contributed by atoms with Crippen LogP contribution in [0.2, 0.25) is 0 Å². The number of esters is 1. The number of rotatable bonds is 5. The lowest BCUT2D eigenvalue weighted by molar-refractivity contribution is -0.142. The lowest BCUT2D eigenvalue weighted by atomic mass is 10.2. The molecule has 0 fully saturated rings. The third-order valence-corrected chi connectivity index (χ3v) is 2.40. The fraction of sp³-hybridized carbons (Fsp3) is 0.143. The number of furan rings is 1. The Morgan fingerprint density at radius 2 is 2.36 bits per heavy atom. The van der Waals surface area contributed by atoms with E-state index >= 15 is 0 Å². The smallest absolute Gasteiger partial charge is 0.349 e. The van der Waals surface area contributed by atoms with Crippen LogP contribution in [-0.2, 0) is 14.3 Å². The van der Waals surface area contributed by atoms with Gasteiger partial charge in [-0.15, -0.1) is 0 Å². The van der Waals surface area contributed by atoms with Gasteiger partial charge in [0.25, 0.3) is 5.91 Å². The van der Waals surface area contributed by atoms with Crippen molar-refractivity contribution in [2.75, 3.05) is 11.9 Å². The monoisotopic (exact) mass is 301 g/mol. The lowest BCUT2D eigenvalue weighted by Crippen LogP contribution is -2.21. The van der Waals surface area contributed by atoms with E-state index in [1.165, 1.54) is 18.4 Å². The van der Waals surface area contributed by atoms with Crippen molar-refractivity contribution in [1.29, 1.82) is 5.26 Å². The normalized spacial score (nSPS) is 10.8. The van der Waals surface area contributed by atoms with Gasteiger partial charge in [-0.1, -0.05) is 5.16 Å². The first kappa shape index (κ1) is 15.1. The lowest BCUT2D eigenvalue weighted by Gasteiger charge is -2.03. The van der Waals surface area contributed by atoms with Crippen LogP contribution in [-0.4, -0.2) is 23.6 Å². The largest absolute Gasteiger partial charge is 0.465 e. The number of hydrogen-bond donors (Lipinski definition) is 1. The summed E-state index contributed by atoms with van der Waals surface area (Å²) in [4.78, 5) is 23.3. The fourth-order valence-electron chi connectivity index (χ4n) is 1.47. The van der Waals surface area contributed by atoms with E-state index in [9.17, 15) is 9.59 Å². The van der Waals surface area contributed by atoms with E-state index in [0.717, 1.165) is 0 Å². The molecule has 22 heavy (non-hydrogen) atoms. The summed E-state index contributed by atoms with van der Waals surface area (Å²) >= 11 is 0. The minimum Gasteiger partial charge on any atom is -0.465 e. The minimum atomic E-state index is -0.926. The van der Waals surface area contributed by atoms with E-state index in [1.807, 2.05) is 0 Å². The molecule has 2 heterocycles. The van der Waals surface area contributed by atoms with E-state index in [1.54, 1.807) is 25.1 Å². The Balaban J connectivity index is 1.88. The van der Waals surface area contributed by atoms with Crippen LogP contribution in [0, 0.1) is 18.3 Å². The molecule has 1 amide bonds. The van der Waals surface area contributed by atoms with Gasteiger partial charge in [0, 0.05) is 12.1 Å².